The summed E-state index contributed by atoms with van der Waals surface area (Å²) in [4.78, 5) is 21.9. The van der Waals surface area contributed by atoms with Crippen LogP contribution >= 0.6 is 0 Å². The molecule has 118 valence electrons. The van der Waals surface area contributed by atoms with Crippen LogP contribution in [0.5, 0.6) is 0 Å². The number of rotatable bonds is 4. The summed E-state index contributed by atoms with van der Waals surface area (Å²) in [5, 5.41) is 11.0. The molecule has 3 aromatic heterocycles. The molecule has 1 aliphatic carbocycles. The lowest BCUT2D eigenvalue weighted by atomic mass is 10.1. The van der Waals surface area contributed by atoms with Gasteiger partial charge >= 0.3 is 0 Å². The lowest BCUT2D eigenvalue weighted by molar-refractivity contribution is 0.749. The van der Waals surface area contributed by atoms with E-state index in [-0.39, 0.29) is 5.56 Å². The van der Waals surface area contributed by atoms with E-state index in [0.29, 0.717) is 35.4 Å². The van der Waals surface area contributed by atoms with Crippen molar-refractivity contribution < 1.29 is 0 Å². The number of H-pyrrole nitrogens is 1. The Morgan fingerprint density at radius 3 is 2.87 bits per heavy atom. The highest BCUT2D eigenvalue weighted by Crippen LogP contribution is 2.25. The first-order chi connectivity index (χ1) is 11.2. The zero-order valence-electron chi connectivity index (χ0n) is 13.1. The smallest absolute Gasteiger partial charge is 0.261 e. The van der Waals surface area contributed by atoms with E-state index in [1.165, 1.54) is 0 Å². The number of aromatic amines is 1. The molecule has 0 aliphatic heterocycles. The lowest BCUT2D eigenvalue weighted by Gasteiger charge is -2.13. The molecule has 23 heavy (non-hydrogen) atoms. The average Bonchev–Trinajstić information content (AvgIpc) is 3.17. The molecule has 2 N–H and O–H groups in total. The Balaban J connectivity index is 1.97. The van der Waals surface area contributed by atoms with Crippen LogP contribution < -0.4 is 10.9 Å². The molecule has 1 saturated carbocycles. The van der Waals surface area contributed by atoms with Crippen LogP contribution in [0.15, 0.2) is 23.1 Å². The molecule has 1 aliphatic rings. The number of hydrogen-bond donors (Lipinski definition) is 2. The number of aryl methyl sites for hydroxylation is 2. The van der Waals surface area contributed by atoms with Gasteiger partial charge in [-0.05, 0) is 38.8 Å². The topological polar surface area (TPSA) is 88.5 Å². The fraction of sp³-hybridized carbons (Fsp3) is 0.375. The molecule has 0 bridgehead atoms. The number of aromatic nitrogens is 5. The minimum absolute atomic E-state index is 0.0697. The molecular weight excluding hydrogens is 292 g/mol. The van der Waals surface area contributed by atoms with Crippen LogP contribution in [-0.4, -0.2) is 30.8 Å². The lowest BCUT2D eigenvalue weighted by Crippen LogP contribution is -2.23. The third-order valence-corrected chi connectivity index (χ3v) is 4.15. The van der Waals surface area contributed by atoms with Gasteiger partial charge in [0, 0.05) is 24.2 Å². The summed E-state index contributed by atoms with van der Waals surface area (Å²) in [6.07, 6.45) is 3.95. The molecule has 0 atom stereocenters. The van der Waals surface area contributed by atoms with E-state index in [1.54, 1.807) is 16.8 Å². The Labute approximate surface area is 132 Å². The van der Waals surface area contributed by atoms with Crippen molar-refractivity contribution in [2.45, 2.75) is 39.3 Å². The average molecular weight is 310 g/mol. The highest BCUT2D eigenvalue weighted by Gasteiger charge is 2.23. The summed E-state index contributed by atoms with van der Waals surface area (Å²) < 4.78 is 1.69. The van der Waals surface area contributed by atoms with Gasteiger partial charge in [-0.2, -0.15) is 10.1 Å². The van der Waals surface area contributed by atoms with Crippen LogP contribution in [0.3, 0.4) is 0 Å². The Morgan fingerprint density at radius 1 is 1.39 bits per heavy atom. The first kappa shape index (κ1) is 13.9. The van der Waals surface area contributed by atoms with E-state index in [1.807, 2.05) is 19.9 Å². The molecule has 0 unspecified atom stereocenters. The number of anilines is 1. The number of hydrogen-bond acceptors (Lipinski definition) is 5. The molecule has 3 aromatic rings. The van der Waals surface area contributed by atoms with Crippen LogP contribution in [0.4, 0.5) is 5.95 Å². The molecule has 4 rings (SSSR count). The summed E-state index contributed by atoms with van der Waals surface area (Å²) >= 11 is 0. The van der Waals surface area contributed by atoms with Gasteiger partial charge in [-0.1, -0.05) is 0 Å². The van der Waals surface area contributed by atoms with E-state index in [2.05, 4.69) is 25.5 Å². The molecule has 0 radical (unpaired) electrons. The van der Waals surface area contributed by atoms with Gasteiger partial charge in [0.2, 0.25) is 5.95 Å². The van der Waals surface area contributed by atoms with Gasteiger partial charge < -0.3 is 5.32 Å². The predicted octanol–water partition coefficient (Wildman–Crippen LogP) is 2.08. The van der Waals surface area contributed by atoms with E-state index in [4.69, 9.17) is 0 Å². The predicted molar refractivity (Wildman–Crippen MR) is 88.4 cm³/mol. The second-order valence-corrected chi connectivity index (χ2v) is 5.87. The fourth-order valence-electron chi connectivity index (χ4n) is 2.76. The van der Waals surface area contributed by atoms with Gasteiger partial charge in [0.05, 0.1) is 17.0 Å². The standard InChI is InChI=1S/C16H18N6O/c1-3-22-14-11(8-12(15(22)23)13-6-7-17-21-13)9(2)18-16(20-14)19-10-4-5-10/h6-8,10H,3-5H2,1-2H3,(H,17,21)(H,18,19,20). The highest BCUT2D eigenvalue weighted by atomic mass is 16.1. The van der Waals surface area contributed by atoms with E-state index in [9.17, 15) is 4.79 Å². The summed E-state index contributed by atoms with van der Waals surface area (Å²) in [7, 11) is 0. The van der Waals surface area contributed by atoms with Crippen molar-refractivity contribution in [2.75, 3.05) is 5.32 Å². The van der Waals surface area contributed by atoms with Gasteiger partial charge in [-0.3, -0.25) is 14.5 Å². The van der Waals surface area contributed by atoms with Gasteiger partial charge in [0.15, 0.2) is 0 Å². The van der Waals surface area contributed by atoms with Gasteiger partial charge in [0.1, 0.15) is 5.65 Å². The van der Waals surface area contributed by atoms with Crippen molar-refractivity contribution in [3.8, 4) is 11.3 Å². The van der Waals surface area contributed by atoms with Gasteiger partial charge in [0.25, 0.3) is 5.56 Å². The highest BCUT2D eigenvalue weighted by molar-refractivity contribution is 5.83. The Kier molecular flexibility index (Phi) is 3.14. The summed E-state index contributed by atoms with van der Waals surface area (Å²) in [5.41, 5.74) is 2.77. The quantitative estimate of drug-likeness (QED) is 0.770. The van der Waals surface area contributed by atoms with Gasteiger partial charge in [-0.15, -0.1) is 0 Å². The van der Waals surface area contributed by atoms with Crippen LogP contribution in [-0.2, 0) is 6.54 Å². The van der Waals surface area contributed by atoms with Crippen molar-refractivity contribution in [2.24, 2.45) is 0 Å². The molecular formula is C16H18N6O. The molecule has 0 saturated heterocycles. The number of pyridine rings is 1. The molecule has 3 heterocycles. The number of nitrogens with zero attached hydrogens (tertiary/aromatic N) is 4. The first-order valence-electron chi connectivity index (χ1n) is 7.86. The largest absolute Gasteiger partial charge is 0.351 e. The SMILES string of the molecule is CCn1c(=O)c(-c2ccn[nH]2)cc2c(C)nc(NC3CC3)nc21. The first-order valence-corrected chi connectivity index (χ1v) is 7.86. The second-order valence-electron chi connectivity index (χ2n) is 5.87. The van der Waals surface area contributed by atoms with Crippen LogP contribution in [0.1, 0.15) is 25.5 Å². The molecule has 0 amide bonds. The molecule has 0 aromatic carbocycles. The fourth-order valence-corrected chi connectivity index (χ4v) is 2.76. The maximum atomic E-state index is 12.8. The maximum Gasteiger partial charge on any atom is 0.261 e. The summed E-state index contributed by atoms with van der Waals surface area (Å²) in [6.45, 7) is 4.45. The Bertz CT molecular complexity index is 924. The minimum Gasteiger partial charge on any atom is -0.351 e. The van der Waals surface area contributed by atoms with E-state index in [0.717, 1.165) is 23.9 Å². The minimum atomic E-state index is -0.0697. The number of fused-ring (bicyclic) bond motifs is 1. The summed E-state index contributed by atoms with van der Waals surface area (Å²) in [5.74, 6) is 0.605. The van der Waals surface area contributed by atoms with Gasteiger partial charge in [-0.25, -0.2) is 4.98 Å². The van der Waals surface area contributed by atoms with Crippen molar-refractivity contribution in [1.82, 2.24) is 24.7 Å². The maximum absolute atomic E-state index is 12.8. The normalized spacial score (nSPS) is 14.3. The van der Waals surface area contributed by atoms with Crippen molar-refractivity contribution in [3.05, 3.63) is 34.4 Å². The zero-order chi connectivity index (χ0) is 16.0. The van der Waals surface area contributed by atoms with Crippen LogP contribution in [0.2, 0.25) is 0 Å². The molecule has 1 fully saturated rings. The monoisotopic (exact) mass is 310 g/mol. The van der Waals surface area contributed by atoms with E-state index < -0.39 is 0 Å². The van der Waals surface area contributed by atoms with Crippen LogP contribution in [0.25, 0.3) is 22.3 Å². The van der Waals surface area contributed by atoms with E-state index >= 15 is 0 Å². The van der Waals surface area contributed by atoms with Crippen molar-refractivity contribution in [3.63, 3.8) is 0 Å². The third kappa shape index (κ3) is 2.38. The molecule has 7 heteroatoms. The zero-order valence-corrected chi connectivity index (χ0v) is 13.1. The Hall–Kier alpha value is -2.70. The third-order valence-electron chi connectivity index (χ3n) is 4.15. The number of nitrogens with one attached hydrogen (secondary N) is 2. The summed E-state index contributed by atoms with van der Waals surface area (Å²) in [6, 6.07) is 4.12. The van der Waals surface area contributed by atoms with Crippen LogP contribution in [0, 0.1) is 6.92 Å². The molecule has 7 nitrogen and oxygen atoms in total. The second kappa shape index (κ2) is 5.19. The van der Waals surface area contributed by atoms with Crippen molar-refractivity contribution in [1.29, 1.82) is 0 Å². The Morgan fingerprint density at radius 2 is 2.22 bits per heavy atom. The molecule has 0 spiro atoms. The van der Waals surface area contributed by atoms with Crippen molar-refractivity contribution >= 4 is 17.0 Å².